The molecule has 0 aliphatic rings. The van der Waals surface area contributed by atoms with Crippen LogP contribution in [0.25, 0.3) is 0 Å². The highest BCUT2D eigenvalue weighted by Crippen LogP contribution is 2.12. The van der Waals surface area contributed by atoms with Crippen molar-refractivity contribution in [1.82, 2.24) is 5.32 Å². The largest absolute Gasteiger partial charge is 0.401 e. The highest BCUT2D eigenvalue weighted by molar-refractivity contribution is 4.60. The molecule has 0 saturated heterocycles. The summed E-state index contributed by atoms with van der Waals surface area (Å²) in [6, 6.07) is 0. The third kappa shape index (κ3) is 9.63. The second-order valence-electron chi connectivity index (χ2n) is 3.28. The predicted molar refractivity (Wildman–Crippen MR) is 46.4 cm³/mol. The van der Waals surface area contributed by atoms with Gasteiger partial charge in [-0.25, -0.2) is 0 Å². The van der Waals surface area contributed by atoms with E-state index in [0.29, 0.717) is 13.1 Å². The molecule has 13 heavy (non-hydrogen) atoms. The summed E-state index contributed by atoms with van der Waals surface area (Å²) in [5, 5.41) is 2.37. The Morgan fingerprint density at radius 2 is 2.00 bits per heavy atom. The molecule has 80 valence electrons. The lowest BCUT2D eigenvalue weighted by Gasteiger charge is -2.13. The van der Waals surface area contributed by atoms with Gasteiger partial charge in [-0.2, -0.15) is 13.2 Å². The minimum atomic E-state index is -4.10. The van der Waals surface area contributed by atoms with Crippen LogP contribution in [0.4, 0.5) is 13.2 Å². The van der Waals surface area contributed by atoms with Gasteiger partial charge in [-0.05, 0) is 31.8 Å². The SMILES string of the molecule is CC(CCCN)CNCC(F)(F)F. The zero-order valence-electron chi connectivity index (χ0n) is 7.82. The number of rotatable bonds is 6. The Hall–Kier alpha value is -0.290. The molecule has 0 aliphatic heterocycles. The van der Waals surface area contributed by atoms with Crippen LogP contribution in [0.5, 0.6) is 0 Å². The predicted octanol–water partition coefficient (Wildman–Crippen LogP) is 1.51. The van der Waals surface area contributed by atoms with Crippen LogP contribution in [0, 0.1) is 5.92 Å². The summed E-state index contributed by atoms with van der Waals surface area (Å²) in [6.45, 7) is 2.02. The van der Waals surface area contributed by atoms with E-state index in [1.807, 2.05) is 6.92 Å². The minimum Gasteiger partial charge on any atom is -0.330 e. The van der Waals surface area contributed by atoms with E-state index < -0.39 is 12.7 Å². The van der Waals surface area contributed by atoms with Crippen LogP contribution in [0.2, 0.25) is 0 Å². The maximum atomic E-state index is 11.7. The standard InChI is InChI=1S/C8H17F3N2/c1-7(3-2-4-12)5-13-6-8(9,10)11/h7,13H,2-6,12H2,1H3. The van der Waals surface area contributed by atoms with E-state index in [9.17, 15) is 13.2 Å². The topological polar surface area (TPSA) is 38.0 Å². The van der Waals surface area contributed by atoms with E-state index in [2.05, 4.69) is 5.32 Å². The Labute approximate surface area is 76.7 Å². The Morgan fingerprint density at radius 1 is 1.38 bits per heavy atom. The fourth-order valence-electron chi connectivity index (χ4n) is 1.03. The highest BCUT2D eigenvalue weighted by Gasteiger charge is 2.26. The molecule has 0 aliphatic carbocycles. The molecule has 0 aromatic carbocycles. The zero-order chi connectivity index (χ0) is 10.3. The van der Waals surface area contributed by atoms with Gasteiger partial charge >= 0.3 is 6.18 Å². The lowest BCUT2D eigenvalue weighted by molar-refractivity contribution is -0.125. The van der Waals surface area contributed by atoms with E-state index in [4.69, 9.17) is 5.73 Å². The molecule has 1 unspecified atom stereocenters. The lowest BCUT2D eigenvalue weighted by Crippen LogP contribution is -2.32. The normalized spacial score (nSPS) is 14.5. The highest BCUT2D eigenvalue weighted by atomic mass is 19.4. The third-order valence-electron chi connectivity index (χ3n) is 1.72. The molecule has 0 bridgehead atoms. The van der Waals surface area contributed by atoms with Crippen molar-refractivity contribution >= 4 is 0 Å². The first-order chi connectivity index (χ1) is 5.95. The molecule has 0 rings (SSSR count). The van der Waals surface area contributed by atoms with E-state index in [0.717, 1.165) is 12.8 Å². The molecule has 5 heteroatoms. The summed E-state index contributed by atoms with van der Waals surface area (Å²) in [6.07, 6.45) is -2.36. The van der Waals surface area contributed by atoms with Crippen molar-refractivity contribution in [2.24, 2.45) is 11.7 Å². The summed E-state index contributed by atoms with van der Waals surface area (Å²) >= 11 is 0. The maximum Gasteiger partial charge on any atom is 0.401 e. The molecular formula is C8H17F3N2. The number of alkyl halides is 3. The first-order valence-corrected chi connectivity index (χ1v) is 4.43. The Balaban J connectivity index is 3.31. The zero-order valence-corrected chi connectivity index (χ0v) is 7.82. The monoisotopic (exact) mass is 198 g/mol. The summed E-state index contributed by atoms with van der Waals surface area (Å²) in [5.74, 6) is 0.255. The number of halogens is 3. The molecule has 1 atom stereocenters. The summed E-state index contributed by atoms with van der Waals surface area (Å²) < 4.78 is 35.0. The smallest absolute Gasteiger partial charge is 0.330 e. The van der Waals surface area contributed by atoms with Crippen LogP contribution in [-0.2, 0) is 0 Å². The van der Waals surface area contributed by atoms with E-state index in [1.54, 1.807) is 0 Å². The van der Waals surface area contributed by atoms with Crippen molar-refractivity contribution in [3.63, 3.8) is 0 Å². The van der Waals surface area contributed by atoms with Crippen molar-refractivity contribution in [1.29, 1.82) is 0 Å². The minimum absolute atomic E-state index is 0.255. The van der Waals surface area contributed by atoms with Crippen molar-refractivity contribution in [2.45, 2.75) is 25.9 Å². The Morgan fingerprint density at radius 3 is 2.46 bits per heavy atom. The van der Waals surface area contributed by atoms with Crippen LogP contribution < -0.4 is 11.1 Å². The molecule has 0 aromatic heterocycles. The summed E-state index contributed by atoms with van der Waals surface area (Å²) in [4.78, 5) is 0. The first-order valence-electron chi connectivity index (χ1n) is 4.43. The maximum absolute atomic E-state index is 11.7. The average Bonchev–Trinajstić information content (AvgIpc) is 1.98. The van der Waals surface area contributed by atoms with Crippen molar-refractivity contribution < 1.29 is 13.2 Å². The summed E-state index contributed by atoms with van der Waals surface area (Å²) in [7, 11) is 0. The van der Waals surface area contributed by atoms with E-state index >= 15 is 0 Å². The molecule has 2 nitrogen and oxygen atoms in total. The fourth-order valence-corrected chi connectivity index (χ4v) is 1.03. The quantitative estimate of drug-likeness (QED) is 0.679. The number of hydrogen-bond acceptors (Lipinski definition) is 2. The van der Waals surface area contributed by atoms with Gasteiger partial charge in [0.25, 0.3) is 0 Å². The average molecular weight is 198 g/mol. The van der Waals surface area contributed by atoms with Gasteiger partial charge in [0.15, 0.2) is 0 Å². The van der Waals surface area contributed by atoms with Crippen LogP contribution in [0.15, 0.2) is 0 Å². The molecule has 0 heterocycles. The number of hydrogen-bond donors (Lipinski definition) is 2. The van der Waals surface area contributed by atoms with Crippen LogP contribution in [-0.4, -0.2) is 25.8 Å². The van der Waals surface area contributed by atoms with Gasteiger partial charge in [-0.1, -0.05) is 6.92 Å². The molecule has 0 aromatic rings. The van der Waals surface area contributed by atoms with Crippen molar-refractivity contribution in [2.75, 3.05) is 19.6 Å². The fraction of sp³-hybridized carbons (Fsp3) is 1.00. The molecule has 0 spiro atoms. The van der Waals surface area contributed by atoms with Crippen molar-refractivity contribution in [3.8, 4) is 0 Å². The van der Waals surface area contributed by atoms with Crippen LogP contribution in [0.1, 0.15) is 19.8 Å². The molecule has 3 N–H and O–H groups in total. The van der Waals surface area contributed by atoms with Gasteiger partial charge in [-0.3, -0.25) is 0 Å². The van der Waals surface area contributed by atoms with Crippen molar-refractivity contribution in [3.05, 3.63) is 0 Å². The number of nitrogens with two attached hydrogens (primary N) is 1. The van der Waals surface area contributed by atoms with Gasteiger partial charge in [0.05, 0.1) is 6.54 Å². The van der Waals surface area contributed by atoms with E-state index in [-0.39, 0.29) is 5.92 Å². The second kappa shape index (κ2) is 6.21. The molecule has 0 amide bonds. The van der Waals surface area contributed by atoms with Crippen LogP contribution >= 0.6 is 0 Å². The second-order valence-corrected chi connectivity index (χ2v) is 3.28. The van der Waals surface area contributed by atoms with Gasteiger partial charge in [0.2, 0.25) is 0 Å². The molecule has 0 saturated carbocycles. The van der Waals surface area contributed by atoms with E-state index in [1.165, 1.54) is 0 Å². The van der Waals surface area contributed by atoms with Gasteiger partial charge < -0.3 is 11.1 Å². The molecule has 0 radical (unpaired) electrons. The van der Waals surface area contributed by atoms with Gasteiger partial charge in [-0.15, -0.1) is 0 Å². The lowest BCUT2D eigenvalue weighted by atomic mass is 10.1. The molecule has 0 fully saturated rings. The van der Waals surface area contributed by atoms with Crippen LogP contribution in [0.3, 0.4) is 0 Å². The van der Waals surface area contributed by atoms with Gasteiger partial charge in [0.1, 0.15) is 0 Å². The van der Waals surface area contributed by atoms with Gasteiger partial charge in [0, 0.05) is 0 Å². The molecular weight excluding hydrogens is 181 g/mol. The number of nitrogens with one attached hydrogen (secondary N) is 1. The third-order valence-corrected chi connectivity index (χ3v) is 1.72. The Bertz CT molecular complexity index is 125. The first kappa shape index (κ1) is 12.7. The summed E-state index contributed by atoms with van der Waals surface area (Å²) in [5.41, 5.74) is 5.27. The Kier molecular flexibility index (Phi) is 6.07.